The second-order valence-electron chi connectivity index (χ2n) is 7.86. The normalized spacial score (nSPS) is 25.0. The molecule has 160 valence electrons. The van der Waals surface area contributed by atoms with Crippen LogP contribution in [0.15, 0.2) is 15.8 Å². The summed E-state index contributed by atoms with van der Waals surface area (Å²) >= 11 is 0. The highest BCUT2D eigenvalue weighted by Gasteiger charge is 2.38. The average Bonchev–Trinajstić information content (AvgIpc) is 2.95. The molecule has 0 spiro atoms. The Morgan fingerprint density at radius 3 is 2.71 bits per heavy atom. The van der Waals surface area contributed by atoms with Crippen LogP contribution in [0.2, 0.25) is 0 Å². The number of nitrogens with one attached hydrogen (secondary N) is 1. The maximum absolute atomic E-state index is 12.1. The molecule has 1 aromatic rings. The van der Waals surface area contributed by atoms with Crippen molar-refractivity contribution >= 4 is 7.82 Å². The first-order valence-electron chi connectivity index (χ1n) is 9.21. The van der Waals surface area contributed by atoms with Crippen LogP contribution in [-0.4, -0.2) is 45.0 Å². The summed E-state index contributed by atoms with van der Waals surface area (Å²) in [6.45, 7) is 7.08. The second-order valence-corrected chi connectivity index (χ2v) is 9.32. The summed E-state index contributed by atoms with van der Waals surface area (Å²) in [4.78, 5) is 35.5. The molecule has 0 amide bonds. The van der Waals surface area contributed by atoms with Crippen molar-refractivity contribution in [3.63, 3.8) is 0 Å². The van der Waals surface area contributed by atoms with Crippen molar-refractivity contribution in [1.29, 1.82) is 0 Å². The summed E-state index contributed by atoms with van der Waals surface area (Å²) in [6.07, 6.45) is 0.399. The molecule has 1 aliphatic heterocycles. The van der Waals surface area contributed by atoms with Gasteiger partial charge in [-0.3, -0.25) is 23.4 Å². The fourth-order valence-electron chi connectivity index (χ4n) is 3.05. The predicted molar refractivity (Wildman–Crippen MR) is 101 cm³/mol. The van der Waals surface area contributed by atoms with Gasteiger partial charge in [0.2, 0.25) is 0 Å². The Bertz CT molecular complexity index is 833. The van der Waals surface area contributed by atoms with Crippen LogP contribution in [0.1, 0.15) is 51.8 Å². The Balaban J connectivity index is 1.95. The van der Waals surface area contributed by atoms with Gasteiger partial charge in [-0.15, -0.1) is 0 Å². The van der Waals surface area contributed by atoms with Crippen molar-refractivity contribution < 1.29 is 28.3 Å². The Morgan fingerprint density at radius 1 is 1.39 bits per heavy atom. The van der Waals surface area contributed by atoms with E-state index in [4.69, 9.17) is 13.8 Å². The molecule has 0 aromatic carbocycles. The number of hydrogen-bond acceptors (Lipinski definition) is 7. The molecule has 0 aliphatic carbocycles. The summed E-state index contributed by atoms with van der Waals surface area (Å²) < 4.78 is 28.9. The first-order chi connectivity index (χ1) is 12.9. The lowest BCUT2D eigenvalue weighted by atomic mass is 9.89. The number of rotatable bonds is 9. The highest BCUT2D eigenvalue weighted by atomic mass is 31.2. The lowest BCUT2D eigenvalue weighted by molar-refractivity contribution is -0.0475. The van der Waals surface area contributed by atoms with Crippen LogP contribution < -0.4 is 11.2 Å². The number of phosphoric acid groups is 1. The highest BCUT2D eigenvalue weighted by molar-refractivity contribution is 7.47. The summed E-state index contributed by atoms with van der Waals surface area (Å²) in [6, 6.07) is 0. The van der Waals surface area contributed by atoms with Gasteiger partial charge in [0.15, 0.2) is 0 Å². The fraction of sp³-hybridized carbons (Fsp3) is 0.765. The van der Waals surface area contributed by atoms with Crippen molar-refractivity contribution in [3.05, 3.63) is 32.6 Å². The Labute approximate surface area is 163 Å². The molecule has 3 N–H and O–H groups in total. The summed E-state index contributed by atoms with van der Waals surface area (Å²) in [7, 11) is -4.31. The lowest BCUT2D eigenvalue weighted by Gasteiger charge is -2.25. The van der Waals surface area contributed by atoms with Crippen molar-refractivity contribution in [1.82, 2.24) is 9.55 Å². The van der Waals surface area contributed by atoms with Crippen LogP contribution in [0.3, 0.4) is 0 Å². The molecule has 2 heterocycles. The lowest BCUT2D eigenvalue weighted by Crippen LogP contribution is -2.33. The number of hydrogen-bond donors (Lipinski definition) is 3. The van der Waals surface area contributed by atoms with Gasteiger partial charge in [-0.25, -0.2) is 9.36 Å². The van der Waals surface area contributed by atoms with Gasteiger partial charge in [-0.05, 0) is 18.8 Å². The monoisotopic (exact) mass is 420 g/mol. The maximum atomic E-state index is 12.1. The number of aliphatic hydroxyl groups is 1. The second kappa shape index (κ2) is 9.02. The van der Waals surface area contributed by atoms with Gasteiger partial charge in [0, 0.05) is 18.2 Å². The predicted octanol–water partition coefficient (Wildman–Crippen LogP) is 1.45. The average molecular weight is 420 g/mol. The zero-order valence-electron chi connectivity index (χ0n) is 16.6. The Morgan fingerprint density at radius 2 is 2.07 bits per heavy atom. The topological polar surface area (TPSA) is 140 Å². The first-order valence-corrected chi connectivity index (χ1v) is 10.7. The van der Waals surface area contributed by atoms with E-state index in [9.17, 15) is 24.2 Å². The van der Waals surface area contributed by atoms with E-state index in [1.165, 1.54) is 10.8 Å². The Kier molecular flexibility index (Phi) is 7.41. The molecule has 1 fully saturated rings. The largest absolute Gasteiger partial charge is 0.472 e. The van der Waals surface area contributed by atoms with E-state index in [1.807, 2.05) is 20.8 Å². The van der Waals surface area contributed by atoms with Crippen molar-refractivity contribution in [2.24, 2.45) is 5.41 Å². The SMILES string of the molecule is CCCC(C)(C)COP(=O)(O)OCC1OC(n2cc(C)c(=O)[nH]c2=O)C[C@H]1O. The van der Waals surface area contributed by atoms with E-state index < -0.39 is 37.5 Å². The summed E-state index contributed by atoms with van der Waals surface area (Å²) in [5, 5.41) is 10.2. The fourth-order valence-corrected chi connectivity index (χ4v) is 3.97. The van der Waals surface area contributed by atoms with Gasteiger partial charge in [-0.1, -0.05) is 27.2 Å². The first kappa shape index (κ1) is 23.0. The van der Waals surface area contributed by atoms with Gasteiger partial charge >= 0.3 is 13.5 Å². The molecular formula is C17H29N2O8P. The van der Waals surface area contributed by atoms with Crippen LogP contribution >= 0.6 is 7.82 Å². The molecule has 10 nitrogen and oxygen atoms in total. The van der Waals surface area contributed by atoms with Crippen LogP contribution in [0.25, 0.3) is 0 Å². The number of aliphatic hydroxyl groups excluding tert-OH is 1. The number of H-pyrrole nitrogens is 1. The number of nitrogens with zero attached hydrogens (tertiary/aromatic N) is 1. The van der Waals surface area contributed by atoms with Crippen LogP contribution in [-0.2, 0) is 18.3 Å². The molecule has 1 saturated heterocycles. The third-order valence-corrected chi connectivity index (χ3v) is 5.54. The molecular weight excluding hydrogens is 391 g/mol. The van der Waals surface area contributed by atoms with E-state index in [-0.39, 0.29) is 25.0 Å². The van der Waals surface area contributed by atoms with Gasteiger partial charge in [0.1, 0.15) is 12.3 Å². The number of aromatic nitrogens is 2. The summed E-state index contributed by atoms with van der Waals surface area (Å²) in [5.74, 6) is 0. The molecule has 11 heteroatoms. The van der Waals surface area contributed by atoms with Crippen molar-refractivity contribution in [2.45, 2.75) is 65.4 Å². The van der Waals surface area contributed by atoms with E-state index >= 15 is 0 Å². The minimum atomic E-state index is -4.31. The Hall–Kier alpha value is -1.29. The van der Waals surface area contributed by atoms with E-state index in [0.29, 0.717) is 5.56 Å². The van der Waals surface area contributed by atoms with Crippen molar-refractivity contribution in [2.75, 3.05) is 13.2 Å². The molecule has 0 radical (unpaired) electrons. The number of aromatic amines is 1. The van der Waals surface area contributed by atoms with Crippen molar-refractivity contribution in [3.8, 4) is 0 Å². The zero-order valence-corrected chi connectivity index (χ0v) is 17.5. The van der Waals surface area contributed by atoms with E-state index in [0.717, 1.165) is 12.8 Å². The molecule has 1 aliphatic rings. The molecule has 0 saturated carbocycles. The van der Waals surface area contributed by atoms with E-state index in [2.05, 4.69) is 4.98 Å². The molecule has 4 atom stereocenters. The standard InChI is InChI=1S/C17H29N2O8P/c1-5-6-17(3,4)10-26-28(23,24)25-9-13-12(20)7-14(27-13)19-8-11(2)15(21)18-16(19)22/h8,12-14,20H,5-7,9-10H2,1-4H3,(H,23,24)(H,18,21,22)/t12-,13?,14?/m1/s1. The van der Waals surface area contributed by atoms with Crippen LogP contribution in [0, 0.1) is 12.3 Å². The minimum Gasteiger partial charge on any atom is -0.390 e. The third kappa shape index (κ3) is 6.10. The quantitative estimate of drug-likeness (QED) is 0.510. The third-order valence-electron chi connectivity index (χ3n) is 4.61. The number of aryl methyl sites for hydroxylation is 1. The number of phosphoric ester groups is 1. The van der Waals surface area contributed by atoms with Crippen LogP contribution in [0.4, 0.5) is 0 Å². The van der Waals surface area contributed by atoms with Gasteiger partial charge in [0.05, 0.1) is 19.3 Å². The minimum absolute atomic E-state index is 0.0529. The van der Waals surface area contributed by atoms with Gasteiger partial charge in [-0.2, -0.15) is 0 Å². The molecule has 0 bridgehead atoms. The zero-order chi connectivity index (χ0) is 21.1. The molecule has 1 aromatic heterocycles. The molecule has 28 heavy (non-hydrogen) atoms. The smallest absolute Gasteiger partial charge is 0.390 e. The summed E-state index contributed by atoms with van der Waals surface area (Å²) in [5.41, 5.74) is -1.11. The maximum Gasteiger partial charge on any atom is 0.472 e. The van der Waals surface area contributed by atoms with Gasteiger partial charge < -0.3 is 14.7 Å². The van der Waals surface area contributed by atoms with Crippen LogP contribution in [0.5, 0.6) is 0 Å². The van der Waals surface area contributed by atoms with Gasteiger partial charge in [0.25, 0.3) is 5.56 Å². The van der Waals surface area contributed by atoms with E-state index in [1.54, 1.807) is 6.92 Å². The molecule has 2 rings (SSSR count). The highest BCUT2D eigenvalue weighted by Crippen LogP contribution is 2.46. The number of ether oxygens (including phenoxy) is 1. The molecule has 3 unspecified atom stereocenters.